The van der Waals surface area contributed by atoms with Gasteiger partial charge in [-0.2, -0.15) is 4.31 Å². The van der Waals surface area contributed by atoms with E-state index in [9.17, 15) is 16.8 Å². The van der Waals surface area contributed by atoms with Crippen LogP contribution in [0.25, 0.3) is 0 Å². The topological polar surface area (TPSA) is 99.7 Å². The van der Waals surface area contributed by atoms with Gasteiger partial charge in [-0.15, -0.1) is 0 Å². The maximum atomic E-state index is 12.9. The molecule has 0 bridgehead atoms. The summed E-state index contributed by atoms with van der Waals surface area (Å²) in [7, 11) is -7.14. The first-order valence-electron chi connectivity index (χ1n) is 10.5. The molecule has 0 saturated carbocycles. The minimum atomic E-state index is -3.61. The van der Waals surface area contributed by atoms with E-state index in [1.165, 1.54) is 10.5 Å². The molecule has 170 valence electrons. The zero-order valence-electron chi connectivity index (χ0n) is 18.2. The predicted molar refractivity (Wildman–Crippen MR) is 121 cm³/mol. The van der Waals surface area contributed by atoms with Gasteiger partial charge in [-0.3, -0.25) is 0 Å². The van der Waals surface area contributed by atoms with Crippen molar-refractivity contribution in [3.05, 3.63) is 48.2 Å². The fraction of sp³-hybridized carbons (Fsp3) is 0.476. The summed E-state index contributed by atoms with van der Waals surface area (Å²) in [5.41, 5.74) is 1.01. The van der Waals surface area contributed by atoms with E-state index in [-0.39, 0.29) is 10.9 Å². The van der Waals surface area contributed by atoms with Crippen molar-refractivity contribution in [3.8, 4) is 0 Å². The molecular formula is C21H30N4O4S2. The second kappa shape index (κ2) is 9.64. The molecular weight excluding hydrogens is 436 g/mol. The molecule has 1 saturated heterocycles. The van der Waals surface area contributed by atoms with Crippen LogP contribution in [0.1, 0.15) is 32.3 Å². The monoisotopic (exact) mass is 466 g/mol. The standard InChI is InChI=1S/C21H30N4O4S2/c1-4-18(5-2)23-30(26,27)20-10-11-21(22-16-20)24-12-14-25(15-13-24)31(28,29)19-8-6-17(3)7-9-19/h6-11,16,18,23H,4-5,12-15H2,1-3H3. The molecule has 1 fully saturated rings. The predicted octanol–water partition coefficient (Wildman–Crippen LogP) is 2.37. The van der Waals surface area contributed by atoms with Gasteiger partial charge >= 0.3 is 0 Å². The van der Waals surface area contributed by atoms with Crippen molar-refractivity contribution in [1.29, 1.82) is 0 Å². The molecule has 3 rings (SSSR count). The van der Waals surface area contributed by atoms with E-state index in [2.05, 4.69) is 9.71 Å². The maximum Gasteiger partial charge on any atom is 0.243 e. The van der Waals surface area contributed by atoms with E-state index >= 15 is 0 Å². The Morgan fingerprint density at radius 1 is 0.903 bits per heavy atom. The Morgan fingerprint density at radius 3 is 2.00 bits per heavy atom. The number of anilines is 1. The fourth-order valence-corrected chi connectivity index (χ4v) is 6.25. The van der Waals surface area contributed by atoms with Gasteiger partial charge in [0.05, 0.1) is 4.90 Å². The van der Waals surface area contributed by atoms with Gasteiger partial charge in [-0.1, -0.05) is 31.5 Å². The number of benzene rings is 1. The highest BCUT2D eigenvalue weighted by atomic mass is 32.2. The van der Waals surface area contributed by atoms with Crippen LogP contribution in [0.4, 0.5) is 5.82 Å². The van der Waals surface area contributed by atoms with E-state index in [0.717, 1.165) is 18.4 Å². The molecule has 10 heteroatoms. The lowest BCUT2D eigenvalue weighted by molar-refractivity contribution is 0.384. The molecule has 0 atom stereocenters. The number of hydrogen-bond donors (Lipinski definition) is 1. The van der Waals surface area contributed by atoms with Crippen molar-refractivity contribution < 1.29 is 16.8 Å². The SMILES string of the molecule is CCC(CC)NS(=O)(=O)c1ccc(N2CCN(S(=O)(=O)c3ccc(C)cc3)CC2)nc1. The molecule has 0 amide bonds. The summed E-state index contributed by atoms with van der Waals surface area (Å²) in [6.07, 6.45) is 2.80. The number of hydrogen-bond acceptors (Lipinski definition) is 6. The third-order valence-electron chi connectivity index (χ3n) is 5.56. The smallest absolute Gasteiger partial charge is 0.243 e. The number of rotatable bonds is 8. The Morgan fingerprint density at radius 2 is 1.48 bits per heavy atom. The highest BCUT2D eigenvalue weighted by molar-refractivity contribution is 7.89. The lowest BCUT2D eigenvalue weighted by Gasteiger charge is -2.34. The maximum absolute atomic E-state index is 12.9. The number of nitrogens with one attached hydrogen (secondary N) is 1. The largest absolute Gasteiger partial charge is 0.354 e. The average Bonchev–Trinajstić information content (AvgIpc) is 2.78. The van der Waals surface area contributed by atoms with Crippen molar-refractivity contribution >= 4 is 25.9 Å². The molecule has 0 aliphatic carbocycles. The fourth-order valence-electron chi connectivity index (χ4n) is 3.48. The van der Waals surface area contributed by atoms with Gasteiger partial charge in [0, 0.05) is 38.4 Å². The third kappa shape index (κ3) is 5.43. The molecule has 2 aromatic rings. The van der Waals surface area contributed by atoms with Crippen LogP contribution in [-0.4, -0.2) is 58.3 Å². The summed E-state index contributed by atoms with van der Waals surface area (Å²) in [5.74, 6) is 0.633. The quantitative estimate of drug-likeness (QED) is 0.641. The minimum Gasteiger partial charge on any atom is -0.354 e. The first kappa shape index (κ1) is 23.6. The van der Waals surface area contributed by atoms with Crippen LogP contribution in [0, 0.1) is 6.92 Å². The average molecular weight is 467 g/mol. The van der Waals surface area contributed by atoms with Gasteiger partial charge < -0.3 is 4.90 Å². The van der Waals surface area contributed by atoms with Crippen LogP contribution in [0.2, 0.25) is 0 Å². The summed E-state index contributed by atoms with van der Waals surface area (Å²) >= 11 is 0. The normalized spacial score (nSPS) is 16.1. The number of nitrogens with zero attached hydrogens (tertiary/aromatic N) is 3. The lowest BCUT2D eigenvalue weighted by atomic mass is 10.2. The molecule has 0 radical (unpaired) electrons. The Hall–Kier alpha value is -2.01. The third-order valence-corrected chi connectivity index (χ3v) is 8.98. The molecule has 1 aromatic carbocycles. The molecule has 2 heterocycles. The summed E-state index contributed by atoms with van der Waals surface area (Å²) in [5, 5.41) is 0. The van der Waals surface area contributed by atoms with Crippen molar-refractivity contribution in [1.82, 2.24) is 14.0 Å². The van der Waals surface area contributed by atoms with Gasteiger partial charge in [0.15, 0.2) is 0 Å². The van der Waals surface area contributed by atoms with Crippen molar-refractivity contribution in [2.45, 2.75) is 49.4 Å². The highest BCUT2D eigenvalue weighted by Crippen LogP contribution is 2.21. The molecule has 1 aliphatic rings. The number of piperazine rings is 1. The summed E-state index contributed by atoms with van der Waals surface area (Å²) in [6.45, 7) is 7.45. The lowest BCUT2D eigenvalue weighted by Crippen LogP contribution is -2.48. The van der Waals surface area contributed by atoms with Gasteiger partial charge in [0.1, 0.15) is 10.7 Å². The van der Waals surface area contributed by atoms with E-state index in [4.69, 9.17) is 0 Å². The highest BCUT2D eigenvalue weighted by Gasteiger charge is 2.29. The number of pyridine rings is 1. The Bertz CT molecular complexity index is 1070. The number of sulfonamides is 2. The molecule has 1 N–H and O–H groups in total. The molecule has 1 aliphatic heterocycles. The second-order valence-electron chi connectivity index (χ2n) is 7.69. The Kier molecular flexibility index (Phi) is 7.35. The van der Waals surface area contributed by atoms with Crippen LogP contribution in [0.3, 0.4) is 0 Å². The van der Waals surface area contributed by atoms with Gasteiger partial charge in [0.2, 0.25) is 20.0 Å². The van der Waals surface area contributed by atoms with Crippen molar-refractivity contribution in [2.24, 2.45) is 0 Å². The second-order valence-corrected chi connectivity index (χ2v) is 11.3. The first-order chi connectivity index (χ1) is 14.7. The molecule has 0 spiro atoms. The number of aromatic nitrogens is 1. The van der Waals surface area contributed by atoms with E-state index < -0.39 is 20.0 Å². The van der Waals surface area contributed by atoms with Crippen molar-refractivity contribution in [2.75, 3.05) is 31.1 Å². The van der Waals surface area contributed by atoms with Crippen LogP contribution < -0.4 is 9.62 Å². The molecule has 1 aromatic heterocycles. The summed E-state index contributed by atoms with van der Waals surface area (Å²) in [4.78, 5) is 6.71. The first-order valence-corrected chi connectivity index (χ1v) is 13.4. The van der Waals surface area contributed by atoms with Crippen LogP contribution in [0.15, 0.2) is 52.4 Å². The Labute approximate surface area is 185 Å². The zero-order valence-corrected chi connectivity index (χ0v) is 19.8. The minimum absolute atomic E-state index is 0.103. The van der Waals surface area contributed by atoms with Crippen LogP contribution in [0.5, 0.6) is 0 Å². The van der Waals surface area contributed by atoms with E-state index in [0.29, 0.717) is 36.9 Å². The van der Waals surface area contributed by atoms with Crippen molar-refractivity contribution in [3.63, 3.8) is 0 Å². The van der Waals surface area contributed by atoms with Gasteiger partial charge in [0.25, 0.3) is 0 Å². The van der Waals surface area contributed by atoms with Gasteiger partial charge in [-0.05, 0) is 44.0 Å². The summed E-state index contributed by atoms with van der Waals surface area (Å²) in [6, 6.07) is 9.96. The Balaban J connectivity index is 1.65. The summed E-state index contributed by atoms with van der Waals surface area (Å²) < 4.78 is 54.9. The van der Waals surface area contributed by atoms with E-state index in [1.807, 2.05) is 25.7 Å². The zero-order chi connectivity index (χ0) is 22.6. The molecule has 0 unspecified atom stereocenters. The molecule has 8 nitrogen and oxygen atoms in total. The van der Waals surface area contributed by atoms with Crippen LogP contribution >= 0.6 is 0 Å². The molecule has 31 heavy (non-hydrogen) atoms. The number of aryl methyl sites for hydroxylation is 1. The van der Waals surface area contributed by atoms with Crippen LogP contribution in [-0.2, 0) is 20.0 Å². The van der Waals surface area contributed by atoms with E-state index in [1.54, 1.807) is 36.4 Å². The van der Waals surface area contributed by atoms with Gasteiger partial charge in [-0.25, -0.2) is 26.5 Å².